The largest absolute Gasteiger partial charge is 0.481 e. The zero-order chi connectivity index (χ0) is 37.5. The van der Waals surface area contributed by atoms with Crippen molar-refractivity contribution >= 4 is 35.5 Å². The number of carbonyl (C=O) groups is 6. The van der Waals surface area contributed by atoms with E-state index in [0.717, 1.165) is 0 Å². The molecule has 7 atom stereocenters. The molecule has 0 aliphatic heterocycles. The van der Waals surface area contributed by atoms with Crippen LogP contribution in [0.15, 0.2) is 0 Å². The van der Waals surface area contributed by atoms with Crippen molar-refractivity contribution in [3.8, 4) is 0 Å². The van der Waals surface area contributed by atoms with E-state index in [1.54, 1.807) is 27.7 Å². The molecule has 0 fully saturated rings. The molecule has 0 aromatic rings. The van der Waals surface area contributed by atoms with Crippen molar-refractivity contribution in [2.75, 3.05) is 0 Å². The molecule has 0 heterocycles. The highest BCUT2D eigenvalue weighted by atomic mass is 16.4. The predicted molar refractivity (Wildman–Crippen MR) is 182 cm³/mol. The Morgan fingerprint density at radius 1 is 0.521 bits per heavy atom. The Labute approximate surface area is 286 Å². The number of carbonyl (C=O) groups excluding carboxylic acids is 5. The number of hydrogen-bond donors (Lipinski definition) is 8. The van der Waals surface area contributed by atoms with E-state index in [1.807, 2.05) is 41.5 Å². The van der Waals surface area contributed by atoms with Gasteiger partial charge >= 0.3 is 5.97 Å². The molecule has 0 spiro atoms. The first-order chi connectivity index (χ1) is 22.0. The van der Waals surface area contributed by atoms with Crippen molar-refractivity contribution in [3.63, 3.8) is 0 Å². The van der Waals surface area contributed by atoms with Gasteiger partial charge in [-0.25, -0.2) is 0 Å². The number of carboxylic acid groups (broad SMARTS) is 1. The third-order valence-electron chi connectivity index (χ3n) is 7.70. The normalized spacial score (nSPS) is 16.2. The van der Waals surface area contributed by atoms with Crippen LogP contribution in [0.5, 0.6) is 0 Å². The van der Waals surface area contributed by atoms with Crippen molar-refractivity contribution in [1.29, 1.82) is 0 Å². The lowest BCUT2D eigenvalue weighted by atomic mass is 9.93. The van der Waals surface area contributed by atoms with E-state index >= 15 is 0 Å². The Balaban J connectivity index is 5.66. The zero-order valence-electron chi connectivity index (χ0n) is 30.8. The molecule has 0 aromatic carbocycles. The molecule has 48 heavy (non-hydrogen) atoms. The molecule has 0 aliphatic carbocycles. The predicted octanol–water partition coefficient (Wildman–Crippen LogP) is 1.47. The standard InChI is InChI=1S/C34H63N5O9/c1-17(2)12-23(36-30(20(7)8)34(48)39-31(21(9)10)33(47)38-27(42)14-19(5)6)25(40)15-28(43)35-22(11)32(46)37-24(13-18(3)4)26(41)16-29(44)45/h17-26,30-31,36,40-41H,12-16H2,1-11H3,(H,35,43)(H,37,46)(H,39,48)(H,44,45)(H,38,42,47). The highest BCUT2D eigenvalue weighted by Gasteiger charge is 2.34. The summed E-state index contributed by atoms with van der Waals surface area (Å²) in [5.74, 6) is -4.41. The molecule has 14 nitrogen and oxygen atoms in total. The molecule has 278 valence electrons. The van der Waals surface area contributed by atoms with Crippen LogP contribution in [-0.4, -0.2) is 93.2 Å². The Morgan fingerprint density at radius 2 is 1.02 bits per heavy atom. The molecule has 0 rings (SSSR count). The van der Waals surface area contributed by atoms with Crippen molar-refractivity contribution < 1.29 is 44.1 Å². The van der Waals surface area contributed by atoms with Crippen LogP contribution in [0.25, 0.3) is 0 Å². The highest BCUT2D eigenvalue weighted by molar-refractivity contribution is 5.99. The lowest BCUT2D eigenvalue weighted by Gasteiger charge is -2.33. The fourth-order valence-electron chi connectivity index (χ4n) is 5.21. The smallest absolute Gasteiger partial charge is 0.306 e. The second-order valence-electron chi connectivity index (χ2n) is 14.8. The van der Waals surface area contributed by atoms with Gasteiger partial charge in [0.15, 0.2) is 0 Å². The van der Waals surface area contributed by atoms with E-state index in [9.17, 15) is 39.0 Å². The molecule has 8 N–H and O–H groups in total. The van der Waals surface area contributed by atoms with Crippen LogP contribution in [0.4, 0.5) is 0 Å². The molecule has 0 aromatic heterocycles. The molecule has 7 unspecified atom stereocenters. The van der Waals surface area contributed by atoms with Crippen LogP contribution >= 0.6 is 0 Å². The number of rotatable bonds is 22. The van der Waals surface area contributed by atoms with E-state index in [0.29, 0.717) is 12.8 Å². The van der Waals surface area contributed by atoms with Crippen LogP contribution in [0, 0.1) is 29.6 Å². The number of carboxylic acids is 1. The quantitative estimate of drug-likeness (QED) is 0.0819. The highest BCUT2D eigenvalue weighted by Crippen LogP contribution is 2.16. The van der Waals surface area contributed by atoms with E-state index in [1.165, 1.54) is 6.92 Å². The molecule has 5 amide bonds. The summed E-state index contributed by atoms with van der Waals surface area (Å²) in [6, 6.07) is -4.42. The Kier molecular flexibility index (Phi) is 20.4. The molecular formula is C34H63N5O9. The summed E-state index contributed by atoms with van der Waals surface area (Å²) < 4.78 is 0. The van der Waals surface area contributed by atoms with E-state index < -0.39 is 84.3 Å². The number of aliphatic hydroxyl groups is 2. The zero-order valence-corrected chi connectivity index (χ0v) is 30.8. The van der Waals surface area contributed by atoms with Gasteiger partial charge in [0.1, 0.15) is 12.1 Å². The number of imide groups is 1. The Morgan fingerprint density at radius 3 is 1.48 bits per heavy atom. The van der Waals surface area contributed by atoms with Crippen LogP contribution in [0.1, 0.15) is 108 Å². The molecular weight excluding hydrogens is 622 g/mol. The summed E-state index contributed by atoms with van der Waals surface area (Å²) in [5.41, 5.74) is 0. The third-order valence-corrected chi connectivity index (χ3v) is 7.70. The van der Waals surface area contributed by atoms with Crippen molar-refractivity contribution in [2.24, 2.45) is 29.6 Å². The molecule has 0 radical (unpaired) electrons. The molecule has 0 saturated heterocycles. The van der Waals surface area contributed by atoms with E-state index in [-0.39, 0.29) is 42.4 Å². The second-order valence-corrected chi connectivity index (χ2v) is 14.8. The number of aliphatic hydroxyl groups excluding tert-OH is 2. The van der Waals surface area contributed by atoms with Gasteiger partial charge in [-0.15, -0.1) is 0 Å². The minimum atomic E-state index is -1.31. The van der Waals surface area contributed by atoms with Gasteiger partial charge in [0, 0.05) is 12.5 Å². The topological polar surface area (TPSA) is 223 Å². The summed E-state index contributed by atoms with van der Waals surface area (Å²) in [6.45, 7) is 19.9. The molecule has 0 saturated carbocycles. The maximum absolute atomic E-state index is 13.5. The van der Waals surface area contributed by atoms with Crippen molar-refractivity contribution in [2.45, 2.75) is 151 Å². The van der Waals surface area contributed by atoms with Gasteiger partial charge < -0.3 is 36.6 Å². The van der Waals surface area contributed by atoms with Gasteiger partial charge in [-0.05, 0) is 49.4 Å². The SMILES string of the molecule is CC(C)CC(=O)NC(=O)C(NC(=O)C(NC(CC(C)C)C(O)CC(=O)NC(C)C(=O)NC(CC(C)C)C(O)CC(=O)O)C(C)C)C(C)C. The minimum Gasteiger partial charge on any atom is -0.481 e. The van der Waals surface area contributed by atoms with Gasteiger partial charge in [-0.3, -0.25) is 34.1 Å². The fraction of sp³-hybridized carbons (Fsp3) is 0.824. The Bertz CT molecular complexity index is 1060. The van der Waals surface area contributed by atoms with Crippen molar-refractivity contribution in [3.05, 3.63) is 0 Å². The van der Waals surface area contributed by atoms with Crippen LogP contribution < -0.4 is 26.6 Å². The Hall–Kier alpha value is -3.10. The second kappa shape index (κ2) is 21.8. The summed E-state index contributed by atoms with van der Waals surface area (Å²) in [5, 5.41) is 44.0. The van der Waals surface area contributed by atoms with E-state index in [2.05, 4.69) is 26.6 Å². The molecule has 0 bridgehead atoms. The summed E-state index contributed by atoms with van der Waals surface area (Å²) in [4.78, 5) is 75.5. The number of nitrogens with one attached hydrogen (secondary N) is 5. The van der Waals surface area contributed by atoms with Gasteiger partial charge in [0.05, 0.1) is 37.1 Å². The van der Waals surface area contributed by atoms with Crippen molar-refractivity contribution in [1.82, 2.24) is 26.6 Å². The first kappa shape index (κ1) is 44.9. The number of amides is 5. The van der Waals surface area contributed by atoms with Crippen LogP contribution in [0.3, 0.4) is 0 Å². The maximum atomic E-state index is 13.5. The molecule has 14 heteroatoms. The van der Waals surface area contributed by atoms with Gasteiger partial charge in [0.2, 0.25) is 29.5 Å². The van der Waals surface area contributed by atoms with Crippen LogP contribution in [0.2, 0.25) is 0 Å². The maximum Gasteiger partial charge on any atom is 0.306 e. The average Bonchev–Trinajstić information content (AvgIpc) is 2.91. The fourth-order valence-corrected chi connectivity index (χ4v) is 5.21. The van der Waals surface area contributed by atoms with E-state index in [4.69, 9.17) is 5.11 Å². The summed E-state index contributed by atoms with van der Waals surface area (Å²) >= 11 is 0. The van der Waals surface area contributed by atoms with Gasteiger partial charge in [-0.2, -0.15) is 0 Å². The average molecular weight is 686 g/mol. The molecule has 0 aliphatic rings. The first-order valence-corrected chi connectivity index (χ1v) is 17.1. The monoisotopic (exact) mass is 685 g/mol. The number of hydrogen-bond acceptors (Lipinski definition) is 9. The first-order valence-electron chi connectivity index (χ1n) is 17.1. The van der Waals surface area contributed by atoms with Crippen LogP contribution in [-0.2, 0) is 28.8 Å². The lowest BCUT2D eigenvalue weighted by molar-refractivity contribution is -0.140. The third kappa shape index (κ3) is 17.9. The van der Waals surface area contributed by atoms with Gasteiger partial charge in [0.25, 0.3) is 0 Å². The summed E-state index contributed by atoms with van der Waals surface area (Å²) in [7, 11) is 0. The number of aliphatic carboxylic acids is 1. The minimum absolute atomic E-state index is 0.0493. The summed E-state index contributed by atoms with van der Waals surface area (Å²) in [6.07, 6.45) is -2.61. The van der Waals surface area contributed by atoms with Gasteiger partial charge in [-0.1, -0.05) is 69.2 Å². The lowest BCUT2D eigenvalue weighted by Crippen LogP contribution is -2.59.